The molecule has 1 aromatic heterocycles. The van der Waals surface area contributed by atoms with Crippen molar-refractivity contribution in [2.45, 2.75) is 18.4 Å². The van der Waals surface area contributed by atoms with Gasteiger partial charge in [-0.3, -0.25) is 4.98 Å². The van der Waals surface area contributed by atoms with Gasteiger partial charge in [-0.15, -0.1) is 0 Å². The number of anilines is 1. The second kappa shape index (κ2) is 5.50. The first kappa shape index (κ1) is 14.5. The summed E-state index contributed by atoms with van der Waals surface area (Å²) in [5.74, 6) is 0. The summed E-state index contributed by atoms with van der Waals surface area (Å²) in [5, 5.41) is 13.8. The molecule has 3 aromatic rings. The van der Waals surface area contributed by atoms with Crippen LogP contribution in [0.2, 0.25) is 0 Å². The third kappa shape index (κ3) is 2.00. The molecule has 2 atom stereocenters. The smallest absolute Gasteiger partial charge is 0.150 e. The fourth-order valence-electron chi connectivity index (χ4n) is 3.61. The van der Waals surface area contributed by atoms with Gasteiger partial charge in [-0.2, -0.15) is 5.26 Å². The fourth-order valence-corrected chi connectivity index (χ4v) is 3.61. The van der Waals surface area contributed by atoms with E-state index in [-0.39, 0.29) is 6.04 Å². The minimum Gasteiger partial charge on any atom is -0.374 e. The molecule has 1 N–H and O–H groups in total. The van der Waals surface area contributed by atoms with E-state index in [2.05, 4.69) is 41.5 Å². The Kier molecular flexibility index (Phi) is 3.32. The highest BCUT2D eigenvalue weighted by Crippen LogP contribution is 2.51. The van der Waals surface area contributed by atoms with Crippen LogP contribution in [0.1, 0.15) is 28.4 Å². The van der Waals surface area contributed by atoms with Gasteiger partial charge in [0.05, 0.1) is 23.5 Å². The average molecular weight is 311 g/mol. The van der Waals surface area contributed by atoms with E-state index in [0.29, 0.717) is 0 Å². The van der Waals surface area contributed by atoms with Crippen molar-refractivity contribution in [3.05, 3.63) is 95.3 Å². The van der Waals surface area contributed by atoms with Gasteiger partial charge in [0.25, 0.3) is 0 Å². The lowest BCUT2D eigenvalue weighted by Gasteiger charge is -2.29. The molecule has 0 saturated heterocycles. The van der Waals surface area contributed by atoms with Crippen LogP contribution in [0, 0.1) is 18.3 Å². The normalized spacial score (nSPS) is 21.6. The lowest BCUT2D eigenvalue weighted by Crippen LogP contribution is -2.32. The number of aryl methyl sites for hydroxylation is 1. The molecule has 116 valence electrons. The second-order valence-electron chi connectivity index (χ2n) is 6.18. The first-order valence-corrected chi connectivity index (χ1v) is 8.01. The molecular formula is C21H17N3. The SMILES string of the molecule is Cc1cccc([C@@H]2Nc3cccnc3[C@@]2(C#N)c2ccccc2)c1. The Morgan fingerprint density at radius 2 is 1.88 bits per heavy atom. The van der Waals surface area contributed by atoms with Gasteiger partial charge in [-0.25, -0.2) is 0 Å². The van der Waals surface area contributed by atoms with E-state index in [4.69, 9.17) is 0 Å². The molecule has 0 radical (unpaired) electrons. The molecule has 2 heterocycles. The van der Waals surface area contributed by atoms with E-state index in [0.717, 1.165) is 22.5 Å². The highest BCUT2D eigenvalue weighted by Gasteiger charge is 2.51. The summed E-state index contributed by atoms with van der Waals surface area (Å²) in [6.45, 7) is 2.07. The van der Waals surface area contributed by atoms with Crippen molar-refractivity contribution in [2.24, 2.45) is 0 Å². The monoisotopic (exact) mass is 311 g/mol. The number of rotatable bonds is 2. The van der Waals surface area contributed by atoms with E-state index in [9.17, 15) is 5.26 Å². The molecule has 24 heavy (non-hydrogen) atoms. The van der Waals surface area contributed by atoms with Crippen LogP contribution < -0.4 is 5.32 Å². The summed E-state index contributed by atoms with van der Waals surface area (Å²) in [4.78, 5) is 4.57. The van der Waals surface area contributed by atoms with Gasteiger partial charge in [-0.05, 0) is 30.2 Å². The molecule has 3 heteroatoms. The van der Waals surface area contributed by atoms with Gasteiger partial charge in [0.2, 0.25) is 0 Å². The predicted molar refractivity (Wildman–Crippen MR) is 94.6 cm³/mol. The molecule has 2 aromatic carbocycles. The van der Waals surface area contributed by atoms with Crippen molar-refractivity contribution in [3.8, 4) is 6.07 Å². The molecule has 1 aliphatic rings. The van der Waals surface area contributed by atoms with Crippen molar-refractivity contribution >= 4 is 5.69 Å². The number of nitrogens with one attached hydrogen (secondary N) is 1. The maximum Gasteiger partial charge on any atom is 0.150 e. The van der Waals surface area contributed by atoms with Crippen LogP contribution in [0.15, 0.2) is 72.9 Å². The van der Waals surface area contributed by atoms with Crippen LogP contribution in [0.25, 0.3) is 0 Å². The Morgan fingerprint density at radius 1 is 1.04 bits per heavy atom. The minimum absolute atomic E-state index is 0.172. The highest BCUT2D eigenvalue weighted by molar-refractivity contribution is 5.68. The molecule has 1 aliphatic heterocycles. The van der Waals surface area contributed by atoms with Gasteiger partial charge < -0.3 is 5.32 Å². The number of benzene rings is 2. The number of hydrogen-bond acceptors (Lipinski definition) is 3. The molecule has 0 bridgehead atoms. The van der Waals surface area contributed by atoms with Gasteiger partial charge in [-0.1, -0.05) is 60.2 Å². The Labute approximate surface area is 141 Å². The lowest BCUT2D eigenvalue weighted by atomic mass is 9.72. The van der Waals surface area contributed by atoms with E-state index < -0.39 is 5.41 Å². The zero-order valence-corrected chi connectivity index (χ0v) is 13.4. The summed E-state index contributed by atoms with van der Waals surface area (Å²) in [6.07, 6.45) is 1.76. The summed E-state index contributed by atoms with van der Waals surface area (Å²) in [6, 6.07) is 24.6. The first-order chi connectivity index (χ1) is 11.8. The van der Waals surface area contributed by atoms with Crippen LogP contribution in [-0.2, 0) is 5.41 Å². The Morgan fingerprint density at radius 3 is 2.62 bits per heavy atom. The van der Waals surface area contributed by atoms with Crippen LogP contribution in [0.4, 0.5) is 5.69 Å². The van der Waals surface area contributed by atoms with E-state index in [1.54, 1.807) is 6.20 Å². The maximum atomic E-state index is 10.3. The third-order valence-electron chi connectivity index (χ3n) is 4.70. The largest absolute Gasteiger partial charge is 0.374 e. The molecule has 0 amide bonds. The van der Waals surface area contributed by atoms with Crippen molar-refractivity contribution in [1.82, 2.24) is 4.98 Å². The Bertz CT molecular complexity index is 927. The summed E-state index contributed by atoms with van der Waals surface area (Å²) in [5.41, 5.74) is 4.12. The molecule has 0 unspecified atom stereocenters. The molecule has 0 saturated carbocycles. The number of pyridine rings is 1. The van der Waals surface area contributed by atoms with E-state index in [1.165, 1.54) is 5.56 Å². The molecule has 4 rings (SSSR count). The summed E-state index contributed by atoms with van der Waals surface area (Å²) in [7, 11) is 0. The van der Waals surface area contributed by atoms with Gasteiger partial charge in [0, 0.05) is 6.20 Å². The number of nitrogens with zero attached hydrogens (tertiary/aromatic N) is 2. The zero-order chi connectivity index (χ0) is 16.6. The predicted octanol–water partition coefficient (Wildman–Crippen LogP) is 4.37. The molecule has 3 nitrogen and oxygen atoms in total. The van der Waals surface area contributed by atoms with Crippen molar-refractivity contribution in [1.29, 1.82) is 5.26 Å². The van der Waals surface area contributed by atoms with Gasteiger partial charge >= 0.3 is 0 Å². The zero-order valence-electron chi connectivity index (χ0n) is 13.4. The standard InChI is InChI=1S/C21H17N3/c1-15-7-5-8-16(13-15)19-21(14-22,17-9-3-2-4-10-17)20-18(24-19)11-6-12-23-20/h2-13,19,24H,1H3/t19-,21-/m0/s1. The third-order valence-corrected chi connectivity index (χ3v) is 4.70. The van der Waals surface area contributed by atoms with Crippen molar-refractivity contribution in [2.75, 3.05) is 5.32 Å². The summed E-state index contributed by atoms with van der Waals surface area (Å²) >= 11 is 0. The first-order valence-electron chi connectivity index (χ1n) is 8.01. The highest BCUT2D eigenvalue weighted by atomic mass is 15.0. The number of aromatic nitrogens is 1. The van der Waals surface area contributed by atoms with Crippen LogP contribution >= 0.6 is 0 Å². The average Bonchev–Trinajstić information content (AvgIpc) is 2.98. The second-order valence-corrected chi connectivity index (χ2v) is 6.18. The van der Waals surface area contributed by atoms with Gasteiger partial charge in [0.1, 0.15) is 0 Å². The van der Waals surface area contributed by atoms with Crippen LogP contribution in [-0.4, -0.2) is 4.98 Å². The van der Waals surface area contributed by atoms with Crippen molar-refractivity contribution in [3.63, 3.8) is 0 Å². The van der Waals surface area contributed by atoms with Crippen LogP contribution in [0.5, 0.6) is 0 Å². The summed E-state index contributed by atoms with van der Waals surface area (Å²) < 4.78 is 0. The minimum atomic E-state index is -0.842. The van der Waals surface area contributed by atoms with E-state index >= 15 is 0 Å². The van der Waals surface area contributed by atoms with Crippen LogP contribution in [0.3, 0.4) is 0 Å². The maximum absolute atomic E-state index is 10.3. The molecule has 0 fully saturated rings. The molecule has 0 aliphatic carbocycles. The number of fused-ring (bicyclic) bond motifs is 1. The lowest BCUT2D eigenvalue weighted by molar-refractivity contribution is 0.574. The number of nitriles is 1. The van der Waals surface area contributed by atoms with Crippen molar-refractivity contribution < 1.29 is 0 Å². The topological polar surface area (TPSA) is 48.7 Å². The van der Waals surface area contributed by atoms with E-state index in [1.807, 2.05) is 48.5 Å². The molecule has 0 spiro atoms. The number of hydrogen-bond donors (Lipinski definition) is 1. The quantitative estimate of drug-likeness (QED) is 0.764. The Balaban J connectivity index is 1.99. The van der Waals surface area contributed by atoms with Gasteiger partial charge in [0.15, 0.2) is 5.41 Å². The Hall–Kier alpha value is -3.12. The molecular weight excluding hydrogens is 294 g/mol. The fraction of sp³-hybridized carbons (Fsp3) is 0.143.